The number of anilines is 1. The predicted molar refractivity (Wildman–Crippen MR) is 97.1 cm³/mol. The molecule has 1 atom stereocenters. The molecule has 3 N–H and O–H groups in total. The monoisotopic (exact) mass is 364 g/mol. The van der Waals surface area contributed by atoms with Crippen molar-refractivity contribution >= 4 is 27.5 Å². The van der Waals surface area contributed by atoms with Gasteiger partial charge in [0, 0.05) is 25.1 Å². The first-order chi connectivity index (χ1) is 12.0. The maximum Gasteiger partial charge on any atom is 0.262 e. The Bertz CT molecular complexity index is 755. The number of hydrogen-bond donors (Lipinski definition) is 3. The van der Waals surface area contributed by atoms with Crippen LogP contribution < -0.4 is 15.4 Å². The molecule has 1 aromatic carbocycles. The molecule has 1 amide bonds. The van der Waals surface area contributed by atoms with E-state index >= 15 is 0 Å². The molecule has 7 nitrogen and oxygen atoms in total. The molecular formula is C17H24N4O3S. The molecule has 2 aliphatic rings. The fraction of sp³-hybridized carbons (Fsp3) is 0.529. The summed E-state index contributed by atoms with van der Waals surface area (Å²) < 4.78 is 27.3. The van der Waals surface area contributed by atoms with Crippen molar-refractivity contribution in [2.75, 3.05) is 25.0 Å². The van der Waals surface area contributed by atoms with Crippen LogP contribution in [0.1, 0.15) is 32.1 Å². The topological polar surface area (TPSA) is 99.7 Å². The lowest BCUT2D eigenvalue weighted by Crippen LogP contribution is -2.29. The second-order valence-corrected chi connectivity index (χ2v) is 8.19. The first kappa shape index (κ1) is 17.9. The summed E-state index contributed by atoms with van der Waals surface area (Å²) in [4.78, 5) is 16.3. The number of nitrogens with one attached hydrogen (secondary N) is 3. The SMILES string of the molecule is O=C(CCC1CCNC1)Nc1cccc(S(=O)(=O)NC2=NCCC2)c1. The Labute approximate surface area is 148 Å². The molecule has 0 aliphatic carbocycles. The van der Waals surface area contributed by atoms with Crippen LogP contribution in [0.3, 0.4) is 0 Å². The van der Waals surface area contributed by atoms with Gasteiger partial charge in [-0.25, -0.2) is 8.42 Å². The maximum absolute atomic E-state index is 12.4. The van der Waals surface area contributed by atoms with Crippen LogP contribution in [0.15, 0.2) is 34.2 Å². The molecule has 1 aromatic rings. The molecule has 0 bridgehead atoms. The molecule has 1 saturated heterocycles. The smallest absolute Gasteiger partial charge is 0.262 e. The largest absolute Gasteiger partial charge is 0.326 e. The van der Waals surface area contributed by atoms with E-state index in [1.54, 1.807) is 12.1 Å². The van der Waals surface area contributed by atoms with Gasteiger partial charge in [0.05, 0.1) is 4.90 Å². The molecule has 136 valence electrons. The minimum absolute atomic E-state index is 0.0884. The molecule has 0 spiro atoms. The number of carbonyl (C=O) groups excluding carboxylic acids is 1. The van der Waals surface area contributed by atoms with E-state index in [2.05, 4.69) is 20.3 Å². The molecule has 3 rings (SSSR count). The summed E-state index contributed by atoms with van der Waals surface area (Å²) in [6, 6.07) is 6.31. The van der Waals surface area contributed by atoms with Crippen molar-refractivity contribution in [2.45, 2.75) is 37.0 Å². The van der Waals surface area contributed by atoms with Crippen LogP contribution in [0.5, 0.6) is 0 Å². The van der Waals surface area contributed by atoms with E-state index in [-0.39, 0.29) is 10.8 Å². The quantitative estimate of drug-likeness (QED) is 0.712. The summed E-state index contributed by atoms with van der Waals surface area (Å²) in [5.74, 6) is 0.961. The summed E-state index contributed by atoms with van der Waals surface area (Å²) >= 11 is 0. The Hall–Kier alpha value is -1.93. The number of amides is 1. The van der Waals surface area contributed by atoms with Gasteiger partial charge in [-0.15, -0.1) is 0 Å². The predicted octanol–water partition coefficient (Wildman–Crippen LogP) is 1.49. The lowest BCUT2D eigenvalue weighted by atomic mass is 10.0. The zero-order valence-electron chi connectivity index (χ0n) is 14.1. The minimum Gasteiger partial charge on any atom is -0.326 e. The highest BCUT2D eigenvalue weighted by atomic mass is 32.2. The van der Waals surface area contributed by atoms with E-state index in [0.717, 1.165) is 32.4 Å². The molecular weight excluding hydrogens is 340 g/mol. The van der Waals surface area contributed by atoms with Gasteiger partial charge in [0.15, 0.2) is 0 Å². The second-order valence-electron chi connectivity index (χ2n) is 6.51. The van der Waals surface area contributed by atoms with Crippen LogP contribution in [-0.4, -0.2) is 39.8 Å². The molecule has 8 heteroatoms. The number of hydrogen-bond acceptors (Lipinski definition) is 5. The zero-order valence-corrected chi connectivity index (χ0v) is 14.9. The van der Waals surface area contributed by atoms with Gasteiger partial charge in [0.2, 0.25) is 5.91 Å². The van der Waals surface area contributed by atoms with Crippen molar-refractivity contribution in [3.05, 3.63) is 24.3 Å². The summed E-state index contributed by atoms with van der Waals surface area (Å²) in [7, 11) is -3.67. The van der Waals surface area contributed by atoms with Gasteiger partial charge in [-0.1, -0.05) is 6.07 Å². The van der Waals surface area contributed by atoms with Gasteiger partial charge in [-0.05, 0) is 56.5 Å². The number of carbonyl (C=O) groups is 1. The Morgan fingerprint density at radius 1 is 1.36 bits per heavy atom. The van der Waals surface area contributed by atoms with Crippen molar-refractivity contribution in [1.82, 2.24) is 10.0 Å². The van der Waals surface area contributed by atoms with E-state index in [1.807, 2.05) is 0 Å². The summed E-state index contributed by atoms with van der Waals surface area (Å²) in [5.41, 5.74) is 0.491. The lowest BCUT2D eigenvalue weighted by molar-refractivity contribution is -0.116. The van der Waals surface area contributed by atoms with Crippen molar-refractivity contribution < 1.29 is 13.2 Å². The maximum atomic E-state index is 12.4. The molecule has 0 radical (unpaired) electrons. The van der Waals surface area contributed by atoms with Crippen LogP contribution in [0.25, 0.3) is 0 Å². The third-order valence-corrected chi connectivity index (χ3v) is 5.88. The van der Waals surface area contributed by atoms with Gasteiger partial charge < -0.3 is 10.6 Å². The standard InChI is InChI=1S/C17H24N4O3S/c22-17(7-6-13-8-10-18-12-13)20-14-3-1-4-15(11-14)25(23,24)21-16-5-2-9-19-16/h1,3-4,11,13,18H,2,5-10,12H2,(H,19,21)(H,20,22). The zero-order chi connectivity index (χ0) is 17.7. The highest BCUT2D eigenvalue weighted by Crippen LogP contribution is 2.18. The Morgan fingerprint density at radius 2 is 2.24 bits per heavy atom. The molecule has 2 aliphatic heterocycles. The van der Waals surface area contributed by atoms with E-state index in [4.69, 9.17) is 0 Å². The van der Waals surface area contributed by atoms with Crippen LogP contribution in [0.4, 0.5) is 5.69 Å². The van der Waals surface area contributed by atoms with Crippen LogP contribution in [-0.2, 0) is 14.8 Å². The van der Waals surface area contributed by atoms with Crippen molar-refractivity contribution in [3.8, 4) is 0 Å². The number of amidine groups is 1. The van der Waals surface area contributed by atoms with Gasteiger partial charge >= 0.3 is 0 Å². The Kier molecular flexibility index (Phi) is 5.70. The van der Waals surface area contributed by atoms with Gasteiger partial charge in [0.25, 0.3) is 10.0 Å². The van der Waals surface area contributed by atoms with Crippen LogP contribution in [0.2, 0.25) is 0 Å². The average Bonchev–Trinajstić information content (AvgIpc) is 3.26. The second kappa shape index (κ2) is 7.97. The normalized spacial score (nSPS) is 20.3. The first-order valence-corrected chi connectivity index (χ1v) is 10.2. The van der Waals surface area contributed by atoms with Gasteiger partial charge in [-0.3, -0.25) is 14.5 Å². The third kappa shape index (κ3) is 5.02. The minimum atomic E-state index is -3.67. The summed E-state index contributed by atoms with van der Waals surface area (Å²) in [6.07, 6.45) is 3.91. The van der Waals surface area contributed by atoms with E-state index in [0.29, 0.717) is 36.8 Å². The number of rotatable bonds is 6. The summed E-state index contributed by atoms with van der Waals surface area (Å²) in [5, 5.41) is 6.07. The Morgan fingerprint density at radius 3 is 2.96 bits per heavy atom. The highest BCUT2D eigenvalue weighted by molar-refractivity contribution is 7.90. The fourth-order valence-electron chi connectivity index (χ4n) is 3.10. The Balaban J connectivity index is 1.59. The first-order valence-electron chi connectivity index (χ1n) is 8.70. The molecule has 1 fully saturated rings. The van der Waals surface area contributed by atoms with Crippen LogP contribution >= 0.6 is 0 Å². The van der Waals surface area contributed by atoms with Crippen molar-refractivity contribution in [1.29, 1.82) is 0 Å². The van der Waals surface area contributed by atoms with Crippen LogP contribution in [0, 0.1) is 5.92 Å². The lowest BCUT2D eigenvalue weighted by Gasteiger charge is -2.11. The van der Waals surface area contributed by atoms with Crippen molar-refractivity contribution in [2.24, 2.45) is 10.9 Å². The fourth-order valence-corrected chi connectivity index (χ4v) is 4.23. The van der Waals surface area contributed by atoms with Gasteiger partial charge in [0.1, 0.15) is 5.84 Å². The summed E-state index contributed by atoms with van der Waals surface area (Å²) in [6.45, 7) is 2.64. The number of benzene rings is 1. The molecule has 0 aromatic heterocycles. The average molecular weight is 364 g/mol. The molecule has 0 saturated carbocycles. The van der Waals surface area contributed by atoms with Crippen molar-refractivity contribution in [3.63, 3.8) is 0 Å². The molecule has 1 unspecified atom stereocenters. The number of sulfonamides is 1. The van der Waals surface area contributed by atoms with E-state index < -0.39 is 10.0 Å². The van der Waals surface area contributed by atoms with E-state index in [1.165, 1.54) is 12.1 Å². The number of nitrogens with zero attached hydrogens (tertiary/aromatic N) is 1. The molecule has 2 heterocycles. The van der Waals surface area contributed by atoms with E-state index in [9.17, 15) is 13.2 Å². The highest BCUT2D eigenvalue weighted by Gasteiger charge is 2.19. The third-order valence-electron chi connectivity index (χ3n) is 4.50. The molecule has 25 heavy (non-hydrogen) atoms. The number of aliphatic imine (C=N–C) groups is 1. The van der Waals surface area contributed by atoms with Gasteiger partial charge in [-0.2, -0.15) is 0 Å².